The van der Waals surface area contributed by atoms with Gasteiger partial charge in [0.15, 0.2) is 0 Å². The number of likely N-dealkylation sites (tertiary alicyclic amines) is 1. The first-order valence-electron chi connectivity index (χ1n) is 10.7. The quantitative estimate of drug-likeness (QED) is 0.671. The van der Waals surface area contributed by atoms with Crippen LogP contribution in [0.4, 0.5) is 0 Å². The van der Waals surface area contributed by atoms with Crippen LogP contribution in [-0.2, 0) is 14.3 Å². The third-order valence-electron chi connectivity index (χ3n) is 5.97. The highest BCUT2D eigenvalue weighted by Gasteiger charge is 2.54. The summed E-state index contributed by atoms with van der Waals surface area (Å²) in [6, 6.07) is 11.9. The van der Waals surface area contributed by atoms with Crippen molar-refractivity contribution in [2.45, 2.75) is 24.6 Å². The second-order valence-electron chi connectivity index (χ2n) is 7.87. The molecule has 0 radical (unpaired) electrons. The highest BCUT2D eigenvalue weighted by molar-refractivity contribution is 7.12. The molecule has 0 aliphatic carbocycles. The Hall–Kier alpha value is -2.75. The molecule has 2 aromatic rings. The van der Waals surface area contributed by atoms with Gasteiger partial charge in [0.25, 0.3) is 11.8 Å². The van der Waals surface area contributed by atoms with Gasteiger partial charge in [0.1, 0.15) is 11.8 Å². The molecule has 1 aromatic carbocycles. The van der Waals surface area contributed by atoms with E-state index in [1.54, 1.807) is 41.2 Å². The summed E-state index contributed by atoms with van der Waals surface area (Å²) >= 11 is 1.41. The average molecular weight is 458 g/mol. The minimum Gasteiger partial charge on any atom is -0.383 e. The topological polar surface area (TPSA) is 88.2 Å². The van der Waals surface area contributed by atoms with Gasteiger partial charge in [-0.05, 0) is 23.6 Å². The number of ether oxygens (including phenoxy) is 2. The highest BCUT2D eigenvalue weighted by atomic mass is 32.1. The molecular formula is C23H27N3O5S. The fourth-order valence-electron chi connectivity index (χ4n) is 4.30. The number of nitrogens with zero attached hydrogens (tertiary/aromatic N) is 2. The van der Waals surface area contributed by atoms with E-state index in [2.05, 4.69) is 5.32 Å². The van der Waals surface area contributed by atoms with Crippen LogP contribution in [-0.4, -0.2) is 79.2 Å². The monoisotopic (exact) mass is 457 g/mol. The molecule has 4 rings (SSSR count). The zero-order chi connectivity index (χ0) is 22.6. The van der Waals surface area contributed by atoms with Crippen LogP contribution in [0.25, 0.3) is 0 Å². The zero-order valence-electron chi connectivity index (χ0n) is 18.0. The van der Waals surface area contributed by atoms with Gasteiger partial charge in [0.2, 0.25) is 5.91 Å². The number of carbonyl (C=O) groups is 3. The lowest BCUT2D eigenvalue weighted by molar-refractivity contribution is -0.128. The summed E-state index contributed by atoms with van der Waals surface area (Å²) in [6.45, 7) is 1.77. The van der Waals surface area contributed by atoms with Crippen molar-refractivity contribution in [3.8, 4) is 0 Å². The average Bonchev–Trinajstić information content (AvgIpc) is 3.48. The van der Waals surface area contributed by atoms with Gasteiger partial charge in [0.05, 0.1) is 18.1 Å². The summed E-state index contributed by atoms with van der Waals surface area (Å²) in [4.78, 5) is 43.3. The van der Waals surface area contributed by atoms with Crippen LogP contribution in [0.5, 0.6) is 0 Å². The molecule has 3 amide bonds. The molecule has 1 unspecified atom stereocenters. The van der Waals surface area contributed by atoms with E-state index < -0.39 is 11.8 Å². The molecule has 32 heavy (non-hydrogen) atoms. The van der Waals surface area contributed by atoms with Crippen molar-refractivity contribution in [1.29, 1.82) is 0 Å². The van der Waals surface area contributed by atoms with Gasteiger partial charge in [-0.1, -0.05) is 24.3 Å². The van der Waals surface area contributed by atoms with Gasteiger partial charge in [-0.15, -0.1) is 11.3 Å². The van der Waals surface area contributed by atoms with Crippen molar-refractivity contribution in [1.82, 2.24) is 15.1 Å². The van der Waals surface area contributed by atoms with Gasteiger partial charge in [0, 0.05) is 45.1 Å². The first-order chi connectivity index (χ1) is 15.6. The van der Waals surface area contributed by atoms with Crippen LogP contribution in [0.2, 0.25) is 0 Å². The predicted molar refractivity (Wildman–Crippen MR) is 119 cm³/mol. The molecule has 2 aliphatic heterocycles. The molecular weight excluding hydrogens is 430 g/mol. The molecule has 0 bridgehead atoms. The largest absolute Gasteiger partial charge is 0.383 e. The van der Waals surface area contributed by atoms with E-state index >= 15 is 0 Å². The minimum absolute atomic E-state index is 0.0114. The number of benzene rings is 1. The van der Waals surface area contributed by atoms with Crippen LogP contribution >= 0.6 is 11.3 Å². The number of nitrogens with one attached hydrogen (secondary N) is 1. The summed E-state index contributed by atoms with van der Waals surface area (Å²) in [5.74, 6) is -0.518. The van der Waals surface area contributed by atoms with Crippen LogP contribution < -0.4 is 5.32 Å². The third kappa shape index (κ3) is 4.41. The zero-order valence-corrected chi connectivity index (χ0v) is 18.8. The molecule has 2 saturated heterocycles. The summed E-state index contributed by atoms with van der Waals surface area (Å²) in [6.07, 6.45) is 0.898. The Balaban J connectivity index is 1.54. The Labute approximate surface area is 191 Å². The van der Waals surface area contributed by atoms with E-state index in [-0.39, 0.29) is 24.3 Å². The smallest absolute Gasteiger partial charge is 0.263 e. The summed E-state index contributed by atoms with van der Waals surface area (Å²) < 4.78 is 11.2. The van der Waals surface area contributed by atoms with Crippen LogP contribution in [0, 0.1) is 0 Å². The second kappa shape index (κ2) is 9.81. The third-order valence-corrected chi connectivity index (χ3v) is 6.83. The number of carbonyl (C=O) groups excluding carboxylic acids is 3. The van der Waals surface area contributed by atoms with Gasteiger partial charge in [-0.25, -0.2) is 0 Å². The molecule has 170 valence electrons. The summed E-state index contributed by atoms with van der Waals surface area (Å²) in [5, 5.41) is 4.71. The first kappa shape index (κ1) is 22.4. The fourth-order valence-corrected chi connectivity index (χ4v) is 4.99. The molecule has 1 aromatic heterocycles. The number of thiophene rings is 1. The van der Waals surface area contributed by atoms with Crippen molar-refractivity contribution in [2.75, 3.05) is 40.0 Å². The van der Waals surface area contributed by atoms with Crippen LogP contribution in [0.15, 0.2) is 47.8 Å². The molecule has 3 heterocycles. The number of methoxy groups -OCH3 is 1. The van der Waals surface area contributed by atoms with Crippen LogP contribution in [0.1, 0.15) is 32.9 Å². The maximum Gasteiger partial charge on any atom is 0.263 e. The van der Waals surface area contributed by atoms with E-state index in [1.807, 2.05) is 23.6 Å². The standard InChI is InChI=1S/C23H27N3O5S/c1-30-14-11-24-20(27)18-16-31-23(26(18)21(28)17-6-3-2-4-7-17)9-12-25(13-10-23)22(29)19-8-5-15-32-19/h2-8,15,18H,9-14,16H2,1H3,(H,24,27). The number of rotatable bonds is 6. The molecule has 2 aliphatic rings. The lowest BCUT2D eigenvalue weighted by Gasteiger charge is -2.44. The maximum atomic E-state index is 13.5. The maximum absolute atomic E-state index is 13.5. The normalized spacial score (nSPS) is 19.8. The minimum atomic E-state index is -0.914. The molecule has 1 atom stereocenters. The fraction of sp³-hybridized carbons (Fsp3) is 0.435. The van der Waals surface area contributed by atoms with Crippen molar-refractivity contribution in [2.24, 2.45) is 0 Å². The van der Waals surface area contributed by atoms with Gasteiger partial charge >= 0.3 is 0 Å². The van der Waals surface area contributed by atoms with E-state index in [4.69, 9.17) is 9.47 Å². The Kier molecular flexibility index (Phi) is 6.88. The highest BCUT2D eigenvalue weighted by Crippen LogP contribution is 2.39. The Morgan fingerprint density at radius 1 is 1.12 bits per heavy atom. The first-order valence-corrected chi connectivity index (χ1v) is 11.6. The Morgan fingerprint density at radius 3 is 2.53 bits per heavy atom. The SMILES string of the molecule is COCCNC(=O)C1COC2(CCN(C(=O)c3cccs3)CC2)N1C(=O)c1ccccc1. The van der Waals surface area contributed by atoms with E-state index in [9.17, 15) is 14.4 Å². The van der Waals surface area contributed by atoms with Crippen molar-refractivity contribution < 1.29 is 23.9 Å². The van der Waals surface area contributed by atoms with Crippen LogP contribution in [0.3, 0.4) is 0 Å². The van der Waals surface area contributed by atoms with Crippen molar-refractivity contribution >= 4 is 29.1 Å². The second-order valence-corrected chi connectivity index (χ2v) is 8.82. The van der Waals surface area contributed by atoms with E-state index in [0.717, 1.165) is 0 Å². The Morgan fingerprint density at radius 2 is 1.88 bits per heavy atom. The molecule has 0 saturated carbocycles. The van der Waals surface area contributed by atoms with E-state index in [0.29, 0.717) is 49.5 Å². The Bertz CT molecular complexity index is 942. The lowest BCUT2D eigenvalue weighted by Crippen LogP contribution is -2.60. The number of amides is 3. The lowest BCUT2D eigenvalue weighted by atomic mass is 9.96. The van der Waals surface area contributed by atoms with Crippen molar-refractivity contribution in [3.63, 3.8) is 0 Å². The predicted octanol–water partition coefficient (Wildman–Crippen LogP) is 1.98. The molecule has 8 nitrogen and oxygen atoms in total. The molecule has 1 spiro atoms. The molecule has 2 fully saturated rings. The number of hydrogen-bond acceptors (Lipinski definition) is 6. The molecule has 1 N–H and O–H groups in total. The van der Waals surface area contributed by atoms with Gasteiger partial charge in [-0.2, -0.15) is 0 Å². The van der Waals surface area contributed by atoms with E-state index in [1.165, 1.54) is 11.3 Å². The number of hydrogen-bond donors (Lipinski definition) is 1. The van der Waals surface area contributed by atoms with Gasteiger partial charge in [-0.3, -0.25) is 19.3 Å². The summed E-state index contributed by atoms with van der Waals surface area (Å²) in [5.41, 5.74) is -0.410. The summed E-state index contributed by atoms with van der Waals surface area (Å²) in [7, 11) is 1.57. The number of piperidine rings is 1. The molecule has 9 heteroatoms. The van der Waals surface area contributed by atoms with Crippen molar-refractivity contribution in [3.05, 3.63) is 58.3 Å². The van der Waals surface area contributed by atoms with Gasteiger partial charge < -0.3 is 19.7 Å².